The van der Waals surface area contributed by atoms with Crippen molar-refractivity contribution in [2.75, 3.05) is 0 Å². The molecule has 0 amide bonds. The Labute approximate surface area is 74.9 Å². The van der Waals surface area contributed by atoms with E-state index in [0.717, 1.165) is 25.2 Å². The van der Waals surface area contributed by atoms with Gasteiger partial charge >= 0.3 is 0 Å². The van der Waals surface area contributed by atoms with Gasteiger partial charge in [0.2, 0.25) is 0 Å². The van der Waals surface area contributed by atoms with E-state index >= 15 is 0 Å². The van der Waals surface area contributed by atoms with E-state index in [-0.39, 0.29) is 0 Å². The van der Waals surface area contributed by atoms with Gasteiger partial charge in [-0.3, -0.25) is 4.79 Å². The Bertz CT molecular complexity index is 189. The van der Waals surface area contributed by atoms with Crippen molar-refractivity contribution in [2.45, 2.75) is 46.0 Å². The average Bonchev–Trinajstić information content (AvgIpc) is 2.35. The topological polar surface area (TPSA) is 17.1 Å². The number of ketones is 1. The molecule has 1 aliphatic carbocycles. The van der Waals surface area contributed by atoms with Gasteiger partial charge in [-0.1, -0.05) is 25.8 Å². The summed E-state index contributed by atoms with van der Waals surface area (Å²) in [5.74, 6) is 1.12. The van der Waals surface area contributed by atoms with E-state index < -0.39 is 0 Å². The zero-order chi connectivity index (χ0) is 8.97. The fourth-order valence-corrected chi connectivity index (χ4v) is 1.59. The molecule has 68 valence electrons. The largest absolute Gasteiger partial charge is 0.295 e. The molecule has 1 heteroatoms. The molecule has 0 aromatic rings. The van der Waals surface area contributed by atoms with Gasteiger partial charge in [-0.05, 0) is 31.3 Å². The first kappa shape index (κ1) is 9.50. The van der Waals surface area contributed by atoms with Crippen LogP contribution in [0, 0.1) is 5.92 Å². The van der Waals surface area contributed by atoms with Gasteiger partial charge in [-0.25, -0.2) is 0 Å². The Kier molecular flexibility index (Phi) is 3.51. The first-order valence-electron chi connectivity index (χ1n) is 4.91. The van der Waals surface area contributed by atoms with Crippen LogP contribution in [0.2, 0.25) is 0 Å². The summed E-state index contributed by atoms with van der Waals surface area (Å²) < 4.78 is 0. The van der Waals surface area contributed by atoms with E-state index in [2.05, 4.69) is 13.8 Å². The molecule has 0 aliphatic heterocycles. The highest BCUT2D eigenvalue weighted by Crippen LogP contribution is 2.21. The average molecular weight is 166 g/mol. The summed E-state index contributed by atoms with van der Waals surface area (Å²) in [4.78, 5) is 10.9. The van der Waals surface area contributed by atoms with Gasteiger partial charge in [-0.15, -0.1) is 0 Å². The smallest absolute Gasteiger partial charge is 0.155 e. The molecule has 0 heterocycles. The molecule has 12 heavy (non-hydrogen) atoms. The molecule has 0 atom stereocenters. The van der Waals surface area contributed by atoms with Gasteiger partial charge < -0.3 is 0 Å². The zero-order valence-electron chi connectivity index (χ0n) is 8.10. The monoisotopic (exact) mass is 166 g/mol. The predicted molar refractivity (Wildman–Crippen MR) is 51.0 cm³/mol. The normalized spacial score (nSPS) is 17.2. The van der Waals surface area contributed by atoms with Crippen LogP contribution in [0.25, 0.3) is 0 Å². The molecular weight excluding hydrogens is 148 g/mol. The van der Waals surface area contributed by atoms with E-state index in [1.54, 1.807) is 0 Å². The van der Waals surface area contributed by atoms with Crippen molar-refractivity contribution in [3.05, 3.63) is 11.6 Å². The van der Waals surface area contributed by atoms with E-state index in [0.29, 0.717) is 5.78 Å². The quantitative estimate of drug-likeness (QED) is 0.627. The lowest BCUT2D eigenvalue weighted by Gasteiger charge is -2.03. The number of rotatable bonds is 4. The first-order valence-corrected chi connectivity index (χ1v) is 4.91. The van der Waals surface area contributed by atoms with Gasteiger partial charge in [0, 0.05) is 6.42 Å². The van der Waals surface area contributed by atoms with Crippen molar-refractivity contribution in [1.29, 1.82) is 0 Å². The third kappa shape index (κ3) is 3.21. The second kappa shape index (κ2) is 4.44. The molecular formula is C11H18O. The Morgan fingerprint density at radius 3 is 2.67 bits per heavy atom. The van der Waals surface area contributed by atoms with Gasteiger partial charge in [0.15, 0.2) is 5.78 Å². The Morgan fingerprint density at radius 2 is 2.17 bits per heavy atom. The number of carbonyl (C=O) groups is 1. The van der Waals surface area contributed by atoms with E-state index in [1.807, 2.05) is 6.08 Å². The molecule has 0 radical (unpaired) electrons. The number of allylic oxidation sites excluding steroid dienone is 2. The van der Waals surface area contributed by atoms with E-state index in [1.165, 1.54) is 18.4 Å². The predicted octanol–water partition coefficient (Wildman–Crippen LogP) is 3.10. The van der Waals surface area contributed by atoms with Crippen LogP contribution in [0.4, 0.5) is 0 Å². The molecule has 0 spiro atoms. The maximum atomic E-state index is 10.9. The minimum atomic E-state index is 0.328. The Balaban J connectivity index is 2.16. The van der Waals surface area contributed by atoms with E-state index in [4.69, 9.17) is 0 Å². The Hall–Kier alpha value is -0.590. The van der Waals surface area contributed by atoms with Crippen molar-refractivity contribution in [2.24, 2.45) is 5.92 Å². The van der Waals surface area contributed by atoms with Crippen molar-refractivity contribution in [3.8, 4) is 0 Å². The van der Waals surface area contributed by atoms with Crippen LogP contribution in [0.5, 0.6) is 0 Å². The van der Waals surface area contributed by atoms with Crippen LogP contribution in [-0.4, -0.2) is 5.78 Å². The maximum Gasteiger partial charge on any atom is 0.155 e. The number of hydrogen-bond acceptors (Lipinski definition) is 1. The minimum Gasteiger partial charge on any atom is -0.295 e. The zero-order valence-corrected chi connectivity index (χ0v) is 8.10. The summed E-state index contributed by atoms with van der Waals surface area (Å²) in [7, 11) is 0. The number of carbonyl (C=O) groups excluding carboxylic acids is 1. The standard InChI is InChI=1S/C11H18O/c1-9(2)4-3-5-10-6-7-11(12)8-10/h8-9H,3-7H2,1-2H3. The van der Waals surface area contributed by atoms with Gasteiger partial charge in [0.25, 0.3) is 0 Å². The second-order valence-electron chi connectivity index (χ2n) is 4.05. The lowest BCUT2D eigenvalue weighted by Crippen LogP contribution is -1.87. The van der Waals surface area contributed by atoms with Crippen molar-refractivity contribution >= 4 is 5.78 Å². The highest BCUT2D eigenvalue weighted by atomic mass is 16.1. The van der Waals surface area contributed by atoms with Crippen LogP contribution in [-0.2, 0) is 4.79 Å². The van der Waals surface area contributed by atoms with Crippen LogP contribution in [0.1, 0.15) is 46.0 Å². The first-order chi connectivity index (χ1) is 5.68. The lowest BCUT2D eigenvalue weighted by atomic mass is 10.0. The molecule has 1 rings (SSSR count). The molecule has 0 aromatic carbocycles. The van der Waals surface area contributed by atoms with Crippen LogP contribution >= 0.6 is 0 Å². The summed E-state index contributed by atoms with van der Waals surface area (Å²) in [5, 5.41) is 0. The third-order valence-electron chi connectivity index (χ3n) is 2.34. The summed E-state index contributed by atoms with van der Waals surface area (Å²) >= 11 is 0. The molecule has 0 unspecified atom stereocenters. The molecule has 0 saturated heterocycles. The third-order valence-corrected chi connectivity index (χ3v) is 2.34. The Morgan fingerprint density at radius 1 is 1.42 bits per heavy atom. The fourth-order valence-electron chi connectivity index (χ4n) is 1.59. The highest BCUT2D eigenvalue weighted by Gasteiger charge is 2.10. The molecule has 0 N–H and O–H groups in total. The molecule has 1 aliphatic rings. The van der Waals surface area contributed by atoms with Crippen molar-refractivity contribution in [1.82, 2.24) is 0 Å². The lowest BCUT2D eigenvalue weighted by molar-refractivity contribution is -0.114. The van der Waals surface area contributed by atoms with Gasteiger partial charge in [0.1, 0.15) is 0 Å². The molecule has 1 nitrogen and oxygen atoms in total. The summed E-state index contributed by atoms with van der Waals surface area (Å²) in [6.07, 6.45) is 7.31. The SMILES string of the molecule is CC(C)CCCC1=CC(=O)CC1. The minimum absolute atomic E-state index is 0.328. The van der Waals surface area contributed by atoms with Gasteiger partial charge in [0.05, 0.1) is 0 Å². The summed E-state index contributed by atoms with van der Waals surface area (Å²) in [6.45, 7) is 4.49. The molecule has 0 aromatic heterocycles. The summed E-state index contributed by atoms with van der Waals surface area (Å²) in [5.41, 5.74) is 1.38. The van der Waals surface area contributed by atoms with E-state index in [9.17, 15) is 4.79 Å². The fraction of sp³-hybridized carbons (Fsp3) is 0.727. The molecule has 0 bridgehead atoms. The summed E-state index contributed by atoms with van der Waals surface area (Å²) in [6, 6.07) is 0. The maximum absolute atomic E-state index is 10.9. The highest BCUT2D eigenvalue weighted by molar-refractivity contribution is 5.92. The van der Waals surface area contributed by atoms with Crippen LogP contribution in [0.15, 0.2) is 11.6 Å². The van der Waals surface area contributed by atoms with Crippen LogP contribution < -0.4 is 0 Å². The molecule has 0 saturated carbocycles. The second-order valence-corrected chi connectivity index (χ2v) is 4.05. The van der Waals surface area contributed by atoms with Crippen LogP contribution in [0.3, 0.4) is 0 Å². The number of hydrogen-bond donors (Lipinski definition) is 0. The molecule has 0 fully saturated rings. The van der Waals surface area contributed by atoms with Crippen molar-refractivity contribution in [3.63, 3.8) is 0 Å². The van der Waals surface area contributed by atoms with Gasteiger partial charge in [-0.2, -0.15) is 0 Å². The van der Waals surface area contributed by atoms with Crippen molar-refractivity contribution < 1.29 is 4.79 Å².